The molecule has 0 spiro atoms. The van der Waals surface area contributed by atoms with Gasteiger partial charge in [0.25, 0.3) is 0 Å². The van der Waals surface area contributed by atoms with Crippen LogP contribution >= 0.6 is 11.6 Å². The molecular weight excluding hydrogens is 312 g/mol. The lowest BCUT2D eigenvalue weighted by molar-refractivity contribution is -0.133. The summed E-state index contributed by atoms with van der Waals surface area (Å²) < 4.78 is 0. The van der Waals surface area contributed by atoms with E-state index in [9.17, 15) is 9.59 Å². The van der Waals surface area contributed by atoms with Gasteiger partial charge in [0, 0.05) is 37.6 Å². The molecule has 1 aromatic rings. The molecule has 1 saturated carbocycles. The molecule has 0 N–H and O–H groups in total. The van der Waals surface area contributed by atoms with Crippen molar-refractivity contribution in [3.63, 3.8) is 0 Å². The molecule has 1 heterocycles. The van der Waals surface area contributed by atoms with Gasteiger partial charge >= 0.3 is 0 Å². The van der Waals surface area contributed by atoms with Crippen LogP contribution in [0.2, 0.25) is 5.02 Å². The Kier molecular flexibility index (Phi) is 4.44. The van der Waals surface area contributed by atoms with Crippen LogP contribution in [-0.4, -0.2) is 47.8 Å². The highest BCUT2D eigenvalue weighted by molar-refractivity contribution is 6.30. The Morgan fingerprint density at radius 1 is 1.22 bits per heavy atom. The third-order valence-corrected chi connectivity index (χ3v) is 5.03. The Hall–Kier alpha value is -1.81. The van der Waals surface area contributed by atoms with E-state index in [4.69, 9.17) is 11.6 Å². The average Bonchev–Trinajstić information content (AvgIpc) is 3.36. The third kappa shape index (κ3) is 3.13. The Morgan fingerprint density at radius 3 is 2.52 bits per heavy atom. The molecule has 122 valence electrons. The minimum atomic E-state index is -0.402. The van der Waals surface area contributed by atoms with E-state index in [1.807, 2.05) is 29.2 Å². The number of carbonyl (C=O) groups excluding carboxylic acids is 2. The molecule has 2 aliphatic rings. The number of hydrogen-bond donors (Lipinski definition) is 0. The van der Waals surface area contributed by atoms with E-state index < -0.39 is 5.41 Å². The second-order valence-corrected chi connectivity index (χ2v) is 6.70. The summed E-state index contributed by atoms with van der Waals surface area (Å²) in [7, 11) is 0. The number of nitrogens with zero attached hydrogens (tertiary/aromatic N) is 2. The summed E-state index contributed by atoms with van der Waals surface area (Å²) >= 11 is 5.95. The van der Waals surface area contributed by atoms with Crippen molar-refractivity contribution in [3.05, 3.63) is 47.5 Å². The molecule has 1 aliphatic heterocycles. The van der Waals surface area contributed by atoms with E-state index in [0.717, 1.165) is 18.4 Å². The summed E-state index contributed by atoms with van der Waals surface area (Å²) in [6, 6.07) is 7.56. The van der Waals surface area contributed by atoms with Crippen molar-refractivity contribution in [2.45, 2.75) is 24.7 Å². The van der Waals surface area contributed by atoms with Gasteiger partial charge in [0.1, 0.15) is 0 Å². The zero-order valence-corrected chi connectivity index (χ0v) is 13.9. The van der Waals surface area contributed by atoms with E-state index in [1.54, 1.807) is 11.0 Å². The van der Waals surface area contributed by atoms with Gasteiger partial charge in [0.05, 0.1) is 5.41 Å². The Morgan fingerprint density at radius 2 is 1.91 bits per heavy atom. The number of amides is 2. The number of hydrogen-bond acceptors (Lipinski definition) is 2. The van der Waals surface area contributed by atoms with E-state index in [-0.39, 0.29) is 11.8 Å². The summed E-state index contributed by atoms with van der Waals surface area (Å²) in [5, 5.41) is 0.678. The molecule has 2 fully saturated rings. The fourth-order valence-corrected chi connectivity index (χ4v) is 3.37. The molecule has 0 radical (unpaired) electrons. The van der Waals surface area contributed by atoms with Crippen molar-refractivity contribution in [1.29, 1.82) is 0 Å². The smallest absolute Gasteiger partial charge is 0.233 e. The van der Waals surface area contributed by atoms with Crippen LogP contribution in [0, 0.1) is 0 Å². The van der Waals surface area contributed by atoms with Gasteiger partial charge in [0.15, 0.2) is 0 Å². The monoisotopic (exact) mass is 332 g/mol. The lowest BCUT2D eigenvalue weighted by Gasteiger charge is -2.26. The van der Waals surface area contributed by atoms with Crippen molar-refractivity contribution >= 4 is 23.4 Å². The zero-order chi connectivity index (χ0) is 16.4. The Bertz CT molecular complexity index is 622. The molecule has 0 aromatic heterocycles. The molecule has 1 aliphatic carbocycles. The molecule has 0 atom stereocenters. The zero-order valence-electron chi connectivity index (χ0n) is 13.1. The molecule has 0 bridgehead atoms. The predicted octanol–water partition coefficient (Wildman–Crippen LogP) is 2.62. The van der Waals surface area contributed by atoms with Crippen LogP contribution in [-0.2, 0) is 15.0 Å². The minimum absolute atomic E-state index is 0.0940. The first-order valence-electron chi connectivity index (χ1n) is 8.01. The number of carbonyl (C=O) groups is 2. The van der Waals surface area contributed by atoms with Crippen molar-refractivity contribution in [3.8, 4) is 0 Å². The summed E-state index contributed by atoms with van der Waals surface area (Å²) in [6.45, 7) is 5.90. The molecule has 1 saturated heterocycles. The van der Waals surface area contributed by atoms with Crippen LogP contribution in [0.3, 0.4) is 0 Å². The largest absolute Gasteiger partial charge is 0.340 e. The van der Waals surface area contributed by atoms with Crippen LogP contribution in [0.5, 0.6) is 0 Å². The summed E-state index contributed by atoms with van der Waals surface area (Å²) in [5.41, 5.74) is 0.631. The van der Waals surface area contributed by atoms with Crippen molar-refractivity contribution in [1.82, 2.24) is 9.80 Å². The van der Waals surface area contributed by atoms with Crippen LogP contribution in [0.15, 0.2) is 36.9 Å². The first-order chi connectivity index (χ1) is 11.1. The number of benzene rings is 1. The van der Waals surface area contributed by atoms with Crippen molar-refractivity contribution in [2.24, 2.45) is 0 Å². The van der Waals surface area contributed by atoms with Gasteiger partial charge in [-0.3, -0.25) is 9.59 Å². The predicted molar refractivity (Wildman–Crippen MR) is 90.3 cm³/mol. The molecule has 1 aromatic carbocycles. The van der Waals surface area contributed by atoms with Crippen LogP contribution in [0.1, 0.15) is 24.8 Å². The molecule has 3 rings (SSSR count). The molecule has 0 unspecified atom stereocenters. The second kappa shape index (κ2) is 6.36. The topological polar surface area (TPSA) is 40.6 Å². The second-order valence-electron chi connectivity index (χ2n) is 6.26. The van der Waals surface area contributed by atoms with Gasteiger partial charge in [-0.2, -0.15) is 0 Å². The van der Waals surface area contributed by atoms with Gasteiger partial charge in [-0.05, 0) is 30.5 Å². The van der Waals surface area contributed by atoms with E-state index in [1.165, 1.54) is 0 Å². The standard InChI is InChI=1S/C18H21ClN2O2/c1-2-10-20-12-13-21(11-7-16(20)22)17(23)18(8-9-18)14-3-5-15(19)6-4-14/h2-6H,1,7-13H2. The molecule has 5 heteroatoms. The van der Waals surface area contributed by atoms with Crippen LogP contribution in [0.4, 0.5) is 0 Å². The first kappa shape index (κ1) is 16.1. The highest BCUT2D eigenvalue weighted by atomic mass is 35.5. The van der Waals surface area contributed by atoms with Crippen molar-refractivity contribution in [2.75, 3.05) is 26.2 Å². The maximum Gasteiger partial charge on any atom is 0.233 e. The Balaban J connectivity index is 1.74. The molecule has 2 amide bonds. The lowest BCUT2D eigenvalue weighted by Crippen LogP contribution is -2.41. The lowest BCUT2D eigenvalue weighted by atomic mass is 9.94. The van der Waals surface area contributed by atoms with Gasteiger partial charge in [-0.15, -0.1) is 6.58 Å². The van der Waals surface area contributed by atoms with Crippen LogP contribution < -0.4 is 0 Å². The highest BCUT2D eigenvalue weighted by Crippen LogP contribution is 2.49. The highest BCUT2D eigenvalue weighted by Gasteiger charge is 2.53. The van der Waals surface area contributed by atoms with Crippen molar-refractivity contribution < 1.29 is 9.59 Å². The summed E-state index contributed by atoms with van der Waals surface area (Å²) in [4.78, 5) is 28.7. The van der Waals surface area contributed by atoms with E-state index in [2.05, 4.69) is 6.58 Å². The summed E-state index contributed by atoms with van der Waals surface area (Å²) in [5.74, 6) is 0.240. The first-order valence-corrected chi connectivity index (χ1v) is 8.39. The fourth-order valence-electron chi connectivity index (χ4n) is 3.24. The molecule has 4 nitrogen and oxygen atoms in total. The van der Waals surface area contributed by atoms with E-state index >= 15 is 0 Å². The average molecular weight is 333 g/mol. The number of halogens is 1. The SMILES string of the molecule is C=CCN1CCN(C(=O)C2(c3ccc(Cl)cc3)CC2)CCC1=O. The molecule has 23 heavy (non-hydrogen) atoms. The van der Waals surface area contributed by atoms with Gasteiger partial charge in [-0.25, -0.2) is 0 Å². The third-order valence-electron chi connectivity index (χ3n) is 4.78. The molecular formula is C18H21ClN2O2. The van der Waals surface area contributed by atoms with Gasteiger partial charge in [-0.1, -0.05) is 29.8 Å². The Labute approximate surface area is 141 Å². The number of rotatable bonds is 4. The fraction of sp³-hybridized carbons (Fsp3) is 0.444. The van der Waals surface area contributed by atoms with Gasteiger partial charge < -0.3 is 9.80 Å². The quantitative estimate of drug-likeness (QED) is 0.795. The van der Waals surface area contributed by atoms with Crippen LogP contribution in [0.25, 0.3) is 0 Å². The van der Waals surface area contributed by atoms with E-state index in [0.29, 0.717) is 37.6 Å². The van der Waals surface area contributed by atoms with Gasteiger partial charge in [0.2, 0.25) is 11.8 Å². The maximum atomic E-state index is 13.0. The normalized spacial score (nSPS) is 20.1. The maximum absolute atomic E-state index is 13.0. The summed E-state index contributed by atoms with van der Waals surface area (Å²) in [6.07, 6.45) is 3.85. The minimum Gasteiger partial charge on any atom is -0.340 e.